The van der Waals surface area contributed by atoms with Gasteiger partial charge in [-0.05, 0) is 30.7 Å². The van der Waals surface area contributed by atoms with Gasteiger partial charge < -0.3 is 20.1 Å². The molecule has 0 aliphatic heterocycles. The van der Waals surface area contributed by atoms with Crippen molar-refractivity contribution in [3.05, 3.63) is 83.4 Å². The highest BCUT2D eigenvalue weighted by atomic mass is 16.5. The zero-order valence-electron chi connectivity index (χ0n) is 16.5. The van der Waals surface area contributed by atoms with Gasteiger partial charge in [-0.15, -0.1) is 0 Å². The first kappa shape index (κ1) is 19.7. The van der Waals surface area contributed by atoms with Crippen LogP contribution in [0.3, 0.4) is 0 Å². The Kier molecular flexibility index (Phi) is 5.25. The molecule has 0 aliphatic rings. The van der Waals surface area contributed by atoms with Gasteiger partial charge >= 0.3 is 5.97 Å². The second-order valence-corrected chi connectivity index (χ2v) is 7.05. The maximum atomic E-state index is 12.2. The molecule has 0 aliphatic carbocycles. The molecule has 4 rings (SSSR count). The van der Waals surface area contributed by atoms with Gasteiger partial charge in [-0.3, -0.25) is 4.79 Å². The summed E-state index contributed by atoms with van der Waals surface area (Å²) in [5, 5.41) is 11.1. The molecule has 6 heteroatoms. The number of carbonyl (C=O) groups excluding carboxylic acids is 1. The van der Waals surface area contributed by atoms with E-state index in [1.54, 1.807) is 25.1 Å². The number of nitrogens with two attached hydrogens (primary N) is 1. The van der Waals surface area contributed by atoms with Crippen LogP contribution in [0.2, 0.25) is 0 Å². The molecule has 1 atom stereocenters. The molecule has 6 nitrogen and oxygen atoms in total. The predicted molar refractivity (Wildman–Crippen MR) is 116 cm³/mol. The summed E-state index contributed by atoms with van der Waals surface area (Å²) >= 11 is 0. The zero-order valence-corrected chi connectivity index (χ0v) is 16.5. The van der Waals surface area contributed by atoms with Crippen molar-refractivity contribution in [1.29, 1.82) is 0 Å². The maximum absolute atomic E-state index is 12.2. The van der Waals surface area contributed by atoms with E-state index in [1.165, 1.54) is 0 Å². The number of rotatable bonds is 7. The van der Waals surface area contributed by atoms with Crippen molar-refractivity contribution >= 4 is 33.7 Å². The highest BCUT2D eigenvalue weighted by molar-refractivity contribution is 6.19. The Morgan fingerprint density at radius 1 is 0.967 bits per heavy atom. The molecule has 1 aromatic heterocycles. The lowest BCUT2D eigenvalue weighted by Gasteiger charge is -2.15. The van der Waals surface area contributed by atoms with E-state index < -0.39 is 18.0 Å². The number of hydrogen-bond donors (Lipinski definition) is 2. The van der Waals surface area contributed by atoms with E-state index in [0.29, 0.717) is 28.4 Å². The highest BCUT2D eigenvalue weighted by Gasteiger charge is 2.26. The average Bonchev–Trinajstić information content (AvgIpc) is 3.06. The number of carbonyl (C=O) groups is 2. The van der Waals surface area contributed by atoms with Crippen LogP contribution in [-0.4, -0.2) is 28.2 Å². The predicted octanol–water partition coefficient (Wildman–Crippen LogP) is 4.10. The number of ether oxygens (including phenoxy) is 1. The molecule has 3 N–H and O–H groups in total. The first-order valence-corrected chi connectivity index (χ1v) is 9.75. The van der Waals surface area contributed by atoms with Crippen molar-refractivity contribution in [3.63, 3.8) is 0 Å². The summed E-state index contributed by atoms with van der Waals surface area (Å²) in [5.41, 5.74) is 9.28. The molecule has 30 heavy (non-hydrogen) atoms. The van der Waals surface area contributed by atoms with E-state index in [2.05, 4.69) is 4.57 Å². The Hall–Kier alpha value is -3.64. The van der Waals surface area contributed by atoms with Crippen LogP contribution < -0.4 is 5.73 Å². The van der Waals surface area contributed by atoms with Gasteiger partial charge in [-0.1, -0.05) is 48.5 Å². The molecule has 0 fully saturated rings. The van der Waals surface area contributed by atoms with Crippen molar-refractivity contribution in [3.8, 4) is 0 Å². The number of amides is 1. The van der Waals surface area contributed by atoms with Crippen molar-refractivity contribution in [2.24, 2.45) is 5.73 Å². The molecule has 1 heterocycles. The van der Waals surface area contributed by atoms with Crippen LogP contribution in [0.25, 0.3) is 21.8 Å². The van der Waals surface area contributed by atoms with E-state index in [-0.39, 0.29) is 6.61 Å². The fourth-order valence-electron chi connectivity index (χ4n) is 4.03. The number of carboxylic acid groups (broad SMARTS) is 1. The van der Waals surface area contributed by atoms with Crippen LogP contribution in [0.4, 0.5) is 0 Å². The van der Waals surface area contributed by atoms with Gasteiger partial charge in [0, 0.05) is 40.6 Å². The molecule has 152 valence electrons. The number of primary amides is 1. The van der Waals surface area contributed by atoms with E-state index in [4.69, 9.17) is 10.5 Å². The fraction of sp³-hybridized carbons (Fsp3) is 0.167. The lowest BCUT2D eigenvalue weighted by molar-refractivity contribution is -0.150. The van der Waals surface area contributed by atoms with Crippen molar-refractivity contribution < 1.29 is 19.4 Å². The molecule has 0 bridgehead atoms. The summed E-state index contributed by atoms with van der Waals surface area (Å²) in [7, 11) is 0. The van der Waals surface area contributed by atoms with Gasteiger partial charge in [0.15, 0.2) is 6.10 Å². The van der Waals surface area contributed by atoms with E-state index >= 15 is 0 Å². The molecule has 3 aromatic carbocycles. The SMILES string of the molecule is CCOC(C(=O)O)c1cccc2c1c1c(C(N)=O)cccc1n2Cc1ccccc1. The Morgan fingerprint density at radius 2 is 1.63 bits per heavy atom. The van der Waals surface area contributed by atoms with Crippen molar-refractivity contribution in [2.75, 3.05) is 6.61 Å². The van der Waals surface area contributed by atoms with Crippen LogP contribution in [0.1, 0.15) is 34.5 Å². The molecule has 4 aromatic rings. The lowest BCUT2D eigenvalue weighted by atomic mass is 9.98. The van der Waals surface area contributed by atoms with Crippen LogP contribution in [0, 0.1) is 0 Å². The second kappa shape index (κ2) is 8.00. The summed E-state index contributed by atoms with van der Waals surface area (Å²) in [6.45, 7) is 2.57. The van der Waals surface area contributed by atoms with Crippen molar-refractivity contribution in [1.82, 2.24) is 4.57 Å². The largest absolute Gasteiger partial charge is 0.479 e. The van der Waals surface area contributed by atoms with Crippen LogP contribution >= 0.6 is 0 Å². The van der Waals surface area contributed by atoms with E-state index in [0.717, 1.165) is 16.6 Å². The number of aliphatic carboxylic acids is 1. The highest BCUT2D eigenvalue weighted by Crippen LogP contribution is 2.37. The Balaban J connectivity index is 2.10. The van der Waals surface area contributed by atoms with E-state index in [9.17, 15) is 14.7 Å². The third-order valence-electron chi connectivity index (χ3n) is 5.24. The molecule has 1 unspecified atom stereocenters. The summed E-state index contributed by atoms with van der Waals surface area (Å²) in [6.07, 6.45) is -1.14. The van der Waals surface area contributed by atoms with Crippen LogP contribution in [0.15, 0.2) is 66.7 Å². The number of fused-ring (bicyclic) bond motifs is 3. The molecule has 0 spiro atoms. The standard InChI is InChI=1S/C24H22N2O4/c1-2-30-22(24(28)29)16-10-6-12-18-20(16)21-17(23(25)27)11-7-13-19(21)26(18)14-15-8-4-3-5-9-15/h3-13,22H,2,14H2,1H3,(H2,25,27)(H,28,29). The molecular weight excluding hydrogens is 380 g/mol. The van der Waals surface area contributed by atoms with Gasteiger partial charge in [-0.2, -0.15) is 0 Å². The van der Waals surface area contributed by atoms with Gasteiger partial charge in [0.25, 0.3) is 0 Å². The van der Waals surface area contributed by atoms with Crippen molar-refractivity contribution in [2.45, 2.75) is 19.6 Å². The fourth-order valence-corrected chi connectivity index (χ4v) is 4.03. The smallest absolute Gasteiger partial charge is 0.337 e. The minimum Gasteiger partial charge on any atom is -0.479 e. The van der Waals surface area contributed by atoms with Gasteiger partial charge in [0.2, 0.25) is 5.91 Å². The first-order valence-electron chi connectivity index (χ1n) is 9.75. The molecule has 0 saturated heterocycles. The number of benzene rings is 3. The van der Waals surface area contributed by atoms with Gasteiger partial charge in [0.05, 0.1) is 5.52 Å². The maximum Gasteiger partial charge on any atom is 0.337 e. The Bertz CT molecular complexity index is 1240. The third kappa shape index (κ3) is 3.31. The summed E-state index contributed by atoms with van der Waals surface area (Å²) in [5.74, 6) is -1.64. The molecule has 0 saturated carbocycles. The minimum atomic E-state index is -1.14. The number of carboxylic acids is 1. The quantitative estimate of drug-likeness (QED) is 0.486. The van der Waals surface area contributed by atoms with Crippen LogP contribution in [0.5, 0.6) is 0 Å². The number of nitrogens with zero attached hydrogens (tertiary/aromatic N) is 1. The average molecular weight is 402 g/mol. The normalized spacial score (nSPS) is 12.3. The topological polar surface area (TPSA) is 94.6 Å². The Labute approximate surface area is 173 Å². The first-order chi connectivity index (χ1) is 14.5. The second-order valence-electron chi connectivity index (χ2n) is 7.05. The van der Waals surface area contributed by atoms with Gasteiger partial charge in [-0.25, -0.2) is 4.79 Å². The Morgan fingerprint density at radius 3 is 2.27 bits per heavy atom. The molecule has 0 radical (unpaired) electrons. The summed E-state index contributed by atoms with van der Waals surface area (Å²) in [6, 6.07) is 20.8. The summed E-state index contributed by atoms with van der Waals surface area (Å²) in [4.78, 5) is 24.2. The zero-order chi connectivity index (χ0) is 21.3. The van der Waals surface area contributed by atoms with E-state index in [1.807, 2.05) is 48.5 Å². The monoisotopic (exact) mass is 402 g/mol. The minimum absolute atomic E-state index is 0.249. The number of hydrogen-bond acceptors (Lipinski definition) is 3. The molecular formula is C24H22N2O4. The molecule has 1 amide bonds. The van der Waals surface area contributed by atoms with Gasteiger partial charge in [0.1, 0.15) is 0 Å². The lowest BCUT2D eigenvalue weighted by Crippen LogP contribution is -2.16. The van der Waals surface area contributed by atoms with Crippen LogP contribution in [-0.2, 0) is 16.1 Å². The summed E-state index contributed by atoms with van der Waals surface area (Å²) < 4.78 is 7.63. The number of aromatic nitrogens is 1. The third-order valence-corrected chi connectivity index (χ3v) is 5.24.